The van der Waals surface area contributed by atoms with Gasteiger partial charge in [0.1, 0.15) is 6.54 Å². The lowest BCUT2D eigenvalue weighted by molar-refractivity contribution is -0.917. The molecule has 6 nitrogen and oxygen atoms in total. The molecule has 2 heterocycles. The monoisotopic (exact) mass is 407 g/mol. The zero-order valence-electron chi connectivity index (χ0n) is 15.7. The number of amides is 2. The van der Waals surface area contributed by atoms with E-state index < -0.39 is 17.6 Å². The number of aromatic nitrogens is 1. The Labute approximate surface area is 166 Å². The van der Waals surface area contributed by atoms with Crippen molar-refractivity contribution in [2.24, 2.45) is 0 Å². The van der Waals surface area contributed by atoms with Crippen molar-refractivity contribution in [3.05, 3.63) is 65.5 Å². The zero-order valence-corrected chi connectivity index (χ0v) is 15.7. The van der Waals surface area contributed by atoms with Crippen molar-refractivity contribution in [3.8, 4) is 0 Å². The van der Waals surface area contributed by atoms with Crippen LogP contribution in [0.3, 0.4) is 0 Å². The molecule has 1 fully saturated rings. The van der Waals surface area contributed by atoms with Gasteiger partial charge in [-0.05, 0) is 36.4 Å². The highest BCUT2D eigenvalue weighted by atomic mass is 19.4. The van der Waals surface area contributed by atoms with Gasteiger partial charge in [-0.25, -0.2) is 0 Å². The largest absolute Gasteiger partial charge is 0.416 e. The quantitative estimate of drug-likeness (QED) is 0.769. The number of quaternary nitrogens is 1. The maximum Gasteiger partial charge on any atom is 0.416 e. The van der Waals surface area contributed by atoms with Crippen LogP contribution in [0, 0.1) is 0 Å². The number of benzene rings is 1. The molecule has 154 valence electrons. The normalized spacial score (nSPS) is 15.2. The van der Waals surface area contributed by atoms with Crippen LogP contribution < -0.4 is 10.2 Å². The molecule has 1 saturated heterocycles. The molecule has 0 unspecified atom stereocenters. The minimum atomic E-state index is -4.45. The first-order valence-electron chi connectivity index (χ1n) is 9.28. The molecular formula is C20H22F3N4O2+. The van der Waals surface area contributed by atoms with E-state index in [4.69, 9.17) is 0 Å². The topological polar surface area (TPSA) is 66.7 Å². The lowest BCUT2D eigenvalue weighted by Gasteiger charge is -2.32. The zero-order chi connectivity index (χ0) is 20.9. The number of pyridine rings is 1. The lowest BCUT2D eigenvalue weighted by atomic mass is 10.1. The van der Waals surface area contributed by atoms with Crippen LogP contribution in [0.1, 0.15) is 21.5 Å². The number of hydrogen-bond acceptors (Lipinski definition) is 3. The highest BCUT2D eigenvalue weighted by Crippen LogP contribution is 2.29. The van der Waals surface area contributed by atoms with Gasteiger partial charge >= 0.3 is 6.18 Å². The van der Waals surface area contributed by atoms with Crippen LogP contribution in [-0.2, 0) is 17.5 Å². The lowest BCUT2D eigenvalue weighted by Crippen LogP contribution is -3.13. The Balaban J connectivity index is 1.43. The second-order valence-electron chi connectivity index (χ2n) is 6.92. The summed E-state index contributed by atoms with van der Waals surface area (Å²) < 4.78 is 37.7. The first kappa shape index (κ1) is 20.8. The molecule has 29 heavy (non-hydrogen) atoms. The van der Waals surface area contributed by atoms with Crippen LogP contribution >= 0.6 is 0 Å². The van der Waals surface area contributed by atoms with Gasteiger partial charge in [0.05, 0.1) is 38.3 Å². The van der Waals surface area contributed by atoms with Crippen molar-refractivity contribution in [2.75, 3.05) is 32.7 Å². The van der Waals surface area contributed by atoms with Crippen LogP contribution in [0.4, 0.5) is 13.2 Å². The molecule has 2 N–H and O–H groups in total. The summed E-state index contributed by atoms with van der Waals surface area (Å²) in [5, 5.41) is 2.48. The van der Waals surface area contributed by atoms with Gasteiger partial charge in [-0.2, -0.15) is 13.2 Å². The number of carbonyl (C=O) groups excluding carboxylic acids is 2. The summed E-state index contributed by atoms with van der Waals surface area (Å²) in [5.74, 6) is -0.776. The average Bonchev–Trinajstić information content (AvgIpc) is 2.72. The van der Waals surface area contributed by atoms with E-state index >= 15 is 0 Å². The predicted octanol–water partition coefficient (Wildman–Crippen LogP) is 0.758. The maximum absolute atomic E-state index is 12.6. The Hall–Kier alpha value is -2.94. The number of halogens is 3. The molecule has 1 aliphatic rings. The third-order valence-corrected chi connectivity index (χ3v) is 4.90. The molecule has 0 radical (unpaired) electrons. The number of rotatable bonds is 5. The van der Waals surface area contributed by atoms with Gasteiger partial charge in [0.15, 0.2) is 0 Å². The first-order chi connectivity index (χ1) is 13.8. The molecule has 0 atom stereocenters. The van der Waals surface area contributed by atoms with Crippen LogP contribution in [-0.4, -0.2) is 54.4 Å². The average molecular weight is 407 g/mol. The van der Waals surface area contributed by atoms with Gasteiger partial charge in [0.25, 0.3) is 5.91 Å². The number of piperazine rings is 1. The molecule has 0 bridgehead atoms. The Bertz CT molecular complexity index is 833. The first-order valence-corrected chi connectivity index (χ1v) is 9.28. The van der Waals surface area contributed by atoms with Gasteiger partial charge in [-0.1, -0.05) is 0 Å². The van der Waals surface area contributed by atoms with E-state index in [-0.39, 0.29) is 18.0 Å². The Morgan fingerprint density at radius 1 is 1.03 bits per heavy atom. The van der Waals surface area contributed by atoms with Gasteiger partial charge < -0.3 is 15.1 Å². The highest BCUT2D eigenvalue weighted by molar-refractivity contribution is 5.96. The summed E-state index contributed by atoms with van der Waals surface area (Å²) in [5.41, 5.74) is 0.452. The molecule has 2 amide bonds. The van der Waals surface area contributed by atoms with Crippen LogP contribution in [0.5, 0.6) is 0 Å². The number of alkyl halides is 3. The Morgan fingerprint density at radius 3 is 2.24 bits per heavy atom. The summed E-state index contributed by atoms with van der Waals surface area (Å²) in [6.07, 6.45) is -0.936. The van der Waals surface area contributed by atoms with Crippen molar-refractivity contribution >= 4 is 11.8 Å². The molecule has 2 aromatic rings. The summed E-state index contributed by atoms with van der Waals surface area (Å²) in [6.45, 7) is 3.49. The number of nitrogens with zero attached hydrogens (tertiary/aromatic N) is 2. The van der Waals surface area contributed by atoms with E-state index in [1.165, 1.54) is 10.5 Å². The van der Waals surface area contributed by atoms with Crippen LogP contribution in [0.25, 0.3) is 0 Å². The highest BCUT2D eigenvalue weighted by Gasteiger charge is 2.30. The van der Waals surface area contributed by atoms with Crippen molar-refractivity contribution in [1.82, 2.24) is 15.2 Å². The van der Waals surface area contributed by atoms with Crippen molar-refractivity contribution in [2.45, 2.75) is 12.7 Å². The number of nitrogens with one attached hydrogen (secondary N) is 2. The third-order valence-electron chi connectivity index (χ3n) is 4.90. The molecule has 1 aromatic carbocycles. The van der Waals surface area contributed by atoms with E-state index in [2.05, 4.69) is 10.3 Å². The minimum Gasteiger partial charge on any atom is -0.343 e. The van der Waals surface area contributed by atoms with E-state index in [1.54, 1.807) is 17.3 Å². The molecule has 0 saturated carbocycles. The molecule has 1 aromatic heterocycles. The number of hydrogen-bond donors (Lipinski definition) is 2. The molecule has 0 spiro atoms. The van der Waals surface area contributed by atoms with E-state index in [9.17, 15) is 22.8 Å². The van der Waals surface area contributed by atoms with Crippen LogP contribution in [0.15, 0.2) is 48.8 Å². The van der Waals surface area contributed by atoms with Gasteiger partial charge in [0.2, 0.25) is 5.91 Å². The standard InChI is InChI=1S/C20H21F3N4O2/c21-20(22,23)17-3-1-16(2-4-17)19(29)25-13-18(28)27-11-9-26(10-12-27)14-15-5-7-24-8-6-15/h1-8H,9-14H2,(H,25,29)/p+1. The minimum absolute atomic E-state index is 0.0809. The maximum atomic E-state index is 12.6. The third kappa shape index (κ3) is 5.77. The van der Waals surface area contributed by atoms with Gasteiger partial charge in [0, 0.05) is 23.5 Å². The van der Waals surface area contributed by atoms with Crippen LogP contribution in [0.2, 0.25) is 0 Å². The second-order valence-corrected chi connectivity index (χ2v) is 6.92. The summed E-state index contributed by atoms with van der Waals surface area (Å²) in [6, 6.07) is 7.85. The molecule has 1 aliphatic heterocycles. The van der Waals surface area contributed by atoms with Gasteiger partial charge in [-0.15, -0.1) is 0 Å². The fourth-order valence-electron chi connectivity index (χ4n) is 3.22. The van der Waals surface area contributed by atoms with Crippen molar-refractivity contribution in [3.63, 3.8) is 0 Å². The fraction of sp³-hybridized carbons (Fsp3) is 0.350. The number of carbonyl (C=O) groups is 2. The predicted molar refractivity (Wildman–Crippen MR) is 99.0 cm³/mol. The van der Waals surface area contributed by atoms with Crippen molar-refractivity contribution in [1.29, 1.82) is 0 Å². The second kappa shape index (κ2) is 9.04. The summed E-state index contributed by atoms with van der Waals surface area (Å²) >= 11 is 0. The van der Waals surface area contributed by atoms with Gasteiger partial charge in [-0.3, -0.25) is 14.6 Å². The summed E-state index contributed by atoms with van der Waals surface area (Å²) in [7, 11) is 0. The SMILES string of the molecule is O=C(NCC(=O)N1CC[NH+](Cc2ccncc2)CC1)c1ccc(C(F)(F)F)cc1. The Kier molecular flexibility index (Phi) is 6.48. The molecule has 0 aliphatic carbocycles. The fourth-order valence-corrected chi connectivity index (χ4v) is 3.22. The molecule has 3 rings (SSSR count). The van der Waals surface area contributed by atoms with Crippen molar-refractivity contribution < 1.29 is 27.7 Å². The van der Waals surface area contributed by atoms with E-state index in [1.807, 2.05) is 12.1 Å². The van der Waals surface area contributed by atoms with E-state index in [0.29, 0.717) is 13.1 Å². The Morgan fingerprint density at radius 2 is 1.66 bits per heavy atom. The molecule has 9 heteroatoms. The smallest absolute Gasteiger partial charge is 0.343 e. The van der Waals surface area contributed by atoms with E-state index in [0.717, 1.165) is 43.9 Å². The summed E-state index contributed by atoms with van der Waals surface area (Å²) in [4.78, 5) is 31.5. The molecular weight excluding hydrogens is 385 g/mol.